The minimum Gasteiger partial charge on any atom is -0.493 e. The Labute approximate surface area is 258 Å². The zero-order chi connectivity index (χ0) is 32.3. The highest BCUT2D eigenvalue weighted by atomic mass is 35.5. The molecule has 7 N–H and O–H groups in total. The van der Waals surface area contributed by atoms with Crippen molar-refractivity contribution in [2.45, 2.75) is 62.1 Å². The number of halogens is 1. The Morgan fingerprint density at radius 1 is 1.14 bits per heavy atom. The fraction of sp³-hybridized carbons (Fsp3) is 0.433. The first kappa shape index (κ1) is 34.7. The number of carboxylic acid groups (broad SMARTS) is 1. The molecular weight excluding hydrogens is 600 g/mol. The van der Waals surface area contributed by atoms with Crippen LogP contribution in [0.15, 0.2) is 48.5 Å². The lowest BCUT2D eigenvalue weighted by atomic mass is 9.88. The lowest BCUT2D eigenvalue weighted by molar-refractivity contribution is -0.314. The molecule has 1 aliphatic heterocycles. The van der Waals surface area contributed by atoms with Gasteiger partial charge in [0.2, 0.25) is 11.8 Å². The van der Waals surface area contributed by atoms with Crippen LogP contribution in [0.3, 0.4) is 0 Å². The fourth-order valence-electron chi connectivity index (χ4n) is 4.51. The van der Waals surface area contributed by atoms with Gasteiger partial charge in [-0.3, -0.25) is 9.59 Å². The highest BCUT2D eigenvalue weighted by molar-refractivity contribution is 6.30. The third kappa shape index (κ3) is 9.63. The van der Waals surface area contributed by atoms with Gasteiger partial charge in [0.25, 0.3) is 5.79 Å². The topological polar surface area (TPSA) is 204 Å². The van der Waals surface area contributed by atoms with Crippen LogP contribution in [0.1, 0.15) is 24.0 Å². The minimum atomic E-state index is -2.51. The number of aliphatic carboxylic acids is 1. The molecule has 2 aromatic carbocycles. The molecular formula is C30H35ClN2O11. The SMILES string of the molecule is C#CCCOc1ccc(CO[C@]2(C(=O)O)C[C@H](O)[C@@H](NC(=O)CO)[C@H]([C@H](O)[C@H](O)CNC(=O)Cc3cccc(Cl)c3)O2)cc1. The van der Waals surface area contributed by atoms with E-state index in [0.717, 1.165) is 0 Å². The van der Waals surface area contributed by atoms with Gasteiger partial charge in [-0.1, -0.05) is 35.9 Å². The van der Waals surface area contributed by atoms with E-state index in [0.29, 0.717) is 34.9 Å². The summed E-state index contributed by atoms with van der Waals surface area (Å²) in [6.45, 7) is -1.46. The number of rotatable bonds is 15. The van der Waals surface area contributed by atoms with Gasteiger partial charge in [0.15, 0.2) is 0 Å². The summed E-state index contributed by atoms with van der Waals surface area (Å²) in [6, 6.07) is 11.6. The molecule has 2 amide bonds. The first-order valence-corrected chi connectivity index (χ1v) is 14.0. The average Bonchev–Trinajstić information content (AvgIpc) is 3.00. The van der Waals surface area contributed by atoms with Gasteiger partial charge in [-0.05, 0) is 35.4 Å². The number of hydrogen-bond acceptors (Lipinski definition) is 10. The van der Waals surface area contributed by atoms with Crippen LogP contribution in [0.4, 0.5) is 0 Å². The van der Waals surface area contributed by atoms with E-state index in [1.165, 1.54) is 0 Å². The molecule has 1 fully saturated rings. The van der Waals surface area contributed by atoms with Gasteiger partial charge in [-0.2, -0.15) is 0 Å². The third-order valence-corrected chi connectivity index (χ3v) is 7.01. The molecule has 0 saturated carbocycles. The number of hydrogen-bond donors (Lipinski definition) is 7. The number of aliphatic hydroxyl groups is 4. The van der Waals surface area contributed by atoms with E-state index < -0.39 is 73.6 Å². The maximum absolute atomic E-state index is 12.4. The molecule has 0 aromatic heterocycles. The molecule has 44 heavy (non-hydrogen) atoms. The van der Waals surface area contributed by atoms with Crippen LogP contribution in [-0.2, 0) is 36.9 Å². The molecule has 0 spiro atoms. The average molecular weight is 635 g/mol. The third-order valence-electron chi connectivity index (χ3n) is 6.77. The number of aliphatic hydroxyl groups excluding tert-OH is 4. The molecule has 1 heterocycles. The molecule has 2 aromatic rings. The van der Waals surface area contributed by atoms with Gasteiger partial charge in [0.1, 0.15) is 24.6 Å². The van der Waals surface area contributed by atoms with Crippen molar-refractivity contribution in [1.29, 1.82) is 0 Å². The predicted molar refractivity (Wildman–Crippen MR) is 155 cm³/mol. The van der Waals surface area contributed by atoms with Crippen molar-refractivity contribution in [3.63, 3.8) is 0 Å². The van der Waals surface area contributed by atoms with Crippen molar-refractivity contribution in [2.75, 3.05) is 19.8 Å². The first-order valence-electron chi connectivity index (χ1n) is 13.6. The van der Waals surface area contributed by atoms with Crippen molar-refractivity contribution in [2.24, 2.45) is 0 Å². The van der Waals surface area contributed by atoms with Gasteiger partial charge < -0.3 is 50.4 Å². The Morgan fingerprint density at radius 3 is 2.50 bits per heavy atom. The lowest BCUT2D eigenvalue weighted by Crippen LogP contribution is -2.68. The van der Waals surface area contributed by atoms with Crippen molar-refractivity contribution in [1.82, 2.24) is 10.6 Å². The maximum atomic E-state index is 12.4. The maximum Gasteiger partial charge on any atom is 0.364 e. The molecule has 238 valence electrons. The summed E-state index contributed by atoms with van der Waals surface area (Å²) < 4.78 is 16.9. The van der Waals surface area contributed by atoms with Crippen LogP contribution >= 0.6 is 11.6 Å². The number of carbonyl (C=O) groups excluding carboxylic acids is 2. The summed E-state index contributed by atoms with van der Waals surface area (Å²) in [5.41, 5.74) is 1.12. The van der Waals surface area contributed by atoms with E-state index in [9.17, 15) is 39.9 Å². The zero-order valence-corrected chi connectivity index (χ0v) is 24.4. The van der Waals surface area contributed by atoms with E-state index >= 15 is 0 Å². The molecule has 13 nitrogen and oxygen atoms in total. The van der Waals surface area contributed by atoms with E-state index in [1.807, 2.05) is 0 Å². The highest BCUT2D eigenvalue weighted by Gasteiger charge is 2.55. The van der Waals surface area contributed by atoms with Crippen LogP contribution in [0, 0.1) is 12.3 Å². The number of carboxylic acids is 1. The van der Waals surface area contributed by atoms with Crippen molar-refractivity contribution >= 4 is 29.4 Å². The summed E-state index contributed by atoms with van der Waals surface area (Å²) in [5, 5.41) is 57.1. The Morgan fingerprint density at radius 2 is 1.86 bits per heavy atom. The van der Waals surface area contributed by atoms with Gasteiger partial charge in [0, 0.05) is 24.4 Å². The van der Waals surface area contributed by atoms with Gasteiger partial charge >= 0.3 is 5.97 Å². The van der Waals surface area contributed by atoms with Crippen LogP contribution in [0.2, 0.25) is 5.02 Å². The van der Waals surface area contributed by atoms with Crippen LogP contribution in [0.5, 0.6) is 5.75 Å². The molecule has 6 atom stereocenters. The van der Waals surface area contributed by atoms with Gasteiger partial charge in [-0.25, -0.2) is 4.79 Å². The molecule has 14 heteroatoms. The number of nitrogens with one attached hydrogen (secondary N) is 2. The second kappa shape index (κ2) is 16.4. The summed E-state index contributed by atoms with van der Waals surface area (Å²) >= 11 is 5.94. The Hall–Kier alpha value is -3.74. The molecule has 0 bridgehead atoms. The summed E-state index contributed by atoms with van der Waals surface area (Å²) in [7, 11) is 0. The standard InChI is InChI=1S/C30H35ClN2O11/c1-2-3-11-42-21-9-7-18(8-10-21)17-43-30(29(40)41)14-22(35)26(33-25(38)16-34)28(44-30)27(39)23(36)15-32-24(37)13-19-5-4-6-20(31)12-19/h1,4-10,12,22-23,26-28,34-36,39H,3,11,13-17H2,(H,32,37)(H,33,38)(H,40,41)/t22-,23+,26+,27+,28+,30+/m0/s1. The highest BCUT2D eigenvalue weighted by Crippen LogP contribution is 2.34. The lowest BCUT2D eigenvalue weighted by Gasteiger charge is -2.46. The van der Waals surface area contributed by atoms with Crippen molar-refractivity contribution in [3.8, 4) is 18.1 Å². The molecule has 0 aliphatic carbocycles. The summed E-state index contributed by atoms with van der Waals surface area (Å²) in [5.74, 6) is -2.63. The van der Waals surface area contributed by atoms with Crippen molar-refractivity contribution in [3.05, 3.63) is 64.7 Å². The molecule has 0 radical (unpaired) electrons. The Balaban J connectivity index is 1.73. The van der Waals surface area contributed by atoms with Gasteiger partial charge in [-0.15, -0.1) is 12.3 Å². The Kier molecular flexibility index (Phi) is 12.9. The van der Waals surface area contributed by atoms with E-state index in [-0.39, 0.29) is 13.0 Å². The smallest absolute Gasteiger partial charge is 0.364 e. The molecule has 1 saturated heterocycles. The summed E-state index contributed by atoms with van der Waals surface area (Å²) in [6.07, 6.45) is -2.22. The van der Waals surface area contributed by atoms with E-state index in [1.54, 1.807) is 48.5 Å². The molecule has 3 rings (SSSR count). The van der Waals surface area contributed by atoms with Crippen LogP contribution in [0.25, 0.3) is 0 Å². The second-order valence-electron chi connectivity index (χ2n) is 10.1. The minimum absolute atomic E-state index is 0.0782. The number of terminal acetylenes is 1. The quantitative estimate of drug-likeness (QED) is 0.100. The predicted octanol–water partition coefficient (Wildman–Crippen LogP) is -0.253. The number of ether oxygens (including phenoxy) is 3. The van der Waals surface area contributed by atoms with E-state index in [2.05, 4.69) is 16.6 Å². The fourth-order valence-corrected chi connectivity index (χ4v) is 4.72. The number of carbonyl (C=O) groups is 3. The van der Waals surface area contributed by atoms with E-state index in [4.69, 9.17) is 32.2 Å². The molecule has 0 unspecified atom stereocenters. The van der Waals surface area contributed by atoms with Gasteiger partial charge in [0.05, 0.1) is 37.9 Å². The monoisotopic (exact) mass is 634 g/mol. The second-order valence-corrected chi connectivity index (χ2v) is 10.5. The van der Waals surface area contributed by atoms with Crippen LogP contribution in [-0.4, -0.2) is 99.3 Å². The number of amides is 2. The first-order chi connectivity index (χ1) is 21.0. The summed E-state index contributed by atoms with van der Waals surface area (Å²) in [4.78, 5) is 36.8. The zero-order valence-electron chi connectivity index (χ0n) is 23.6. The van der Waals surface area contributed by atoms with Crippen LogP contribution < -0.4 is 15.4 Å². The van der Waals surface area contributed by atoms with Crippen molar-refractivity contribution < 1.29 is 54.1 Å². The normalized spacial score (nSPS) is 22.7. The number of benzene rings is 2. The largest absolute Gasteiger partial charge is 0.493 e. The Bertz CT molecular complexity index is 1320. The molecule has 1 aliphatic rings.